The van der Waals surface area contributed by atoms with Crippen molar-refractivity contribution in [3.63, 3.8) is 0 Å². The van der Waals surface area contributed by atoms with Gasteiger partial charge in [-0.2, -0.15) is 11.8 Å². The van der Waals surface area contributed by atoms with Gasteiger partial charge in [0.05, 0.1) is 5.69 Å². The maximum Gasteiger partial charge on any atom is 0.0541 e. The van der Waals surface area contributed by atoms with Crippen molar-refractivity contribution in [1.82, 2.24) is 10.3 Å². The number of nitrogens with one attached hydrogen (secondary N) is 1. The molecule has 0 aliphatic heterocycles. The zero-order chi connectivity index (χ0) is 9.36. The number of thioether (sulfide) groups is 1. The Morgan fingerprint density at radius 1 is 1.46 bits per heavy atom. The highest BCUT2D eigenvalue weighted by molar-refractivity contribution is 7.98. The van der Waals surface area contributed by atoms with Gasteiger partial charge < -0.3 is 5.32 Å². The zero-order valence-electron chi connectivity index (χ0n) is 7.99. The Morgan fingerprint density at radius 2 is 2.38 bits per heavy atom. The summed E-state index contributed by atoms with van der Waals surface area (Å²) in [6.07, 6.45) is 5.20. The van der Waals surface area contributed by atoms with Crippen molar-refractivity contribution >= 4 is 11.8 Å². The van der Waals surface area contributed by atoms with E-state index < -0.39 is 0 Å². The molecule has 1 aromatic heterocycles. The summed E-state index contributed by atoms with van der Waals surface area (Å²) < 4.78 is 0. The molecule has 0 saturated carbocycles. The van der Waals surface area contributed by atoms with Gasteiger partial charge in [-0.3, -0.25) is 4.98 Å². The minimum absolute atomic E-state index is 0.884. The van der Waals surface area contributed by atoms with E-state index in [2.05, 4.69) is 16.6 Å². The number of nitrogens with zero attached hydrogens (tertiary/aromatic N) is 1. The summed E-state index contributed by atoms with van der Waals surface area (Å²) in [7, 11) is 0. The van der Waals surface area contributed by atoms with Crippen LogP contribution >= 0.6 is 11.8 Å². The van der Waals surface area contributed by atoms with Crippen LogP contribution in [0.5, 0.6) is 0 Å². The standard InChI is InChI=1S/C10H16N2S/c1-13-8-4-6-11-9-10-5-2-3-7-12-10/h2-3,5,7,11H,4,6,8-9H2,1H3. The van der Waals surface area contributed by atoms with Crippen LogP contribution in [0.4, 0.5) is 0 Å². The molecule has 0 saturated heterocycles. The Labute approximate surface area is 84.1 Å². The average Bonchev–Trinajstić information content (AvgIpc) is 2.19. The Hall–Kier alpha value is -0.540. The van der Waals surface area contributed by atoms with Gasteiger partial charge in [-0.05, 0) is 37.1 Å². The van der Waals surface area contributed by atoms with Crippen LogP contribution in [0.15, 0.2) is 24.4 Å². The Bertz CT molecular complexity index is 213. The molecule has 0 radical (unpaired) electrons. The smallest absolute Gasteiger partial charge is 0.0541 e. The van der Waals surface area contributed by atoms with Gasteiger partial charge in [0, 0.05) is 12.7 Å². The second-order valence-electron chi connectivity index (χ2n) is 2.84. The molecule has 1 heterocycles. The molecule has 2 nitrogen and oxygen atoms in total. The average molecular weight is 196 g/mol. The van der Waals surface area contributed by atoms with E-state index in [1.165, 1.54) is 12.2 Å². The van der Waals surface area contributed by atoms with Gasteiger partial charge in [0.2, 0.25) is 0 Å². The van der Waals surface area contributed by atoms with Crippen LogP contribution < -0.4 is 5.32 Å². The zero-order valence-corrected chi connectivity index (χ0v) is 8.81. The number of hydrogen-bond acceptors (Lipinski definition) is 3. The molecule has 0 unspecified atom stereocenters. The molecular formula is C10H16N2S. The summed E-state index contributed by atoms with van der Waals surface area (Å²) >= 11 is 1.89. The third-order valence-corrected chi connectivity index (χ3v) is 2.43. The summed E-state index contributed by atoms with van der Waals surface area (Å²) in [6.45, 7) is 1.96. The van der Waals surface area contributed by atoms with E-state index in [1.54, 1.807) is 0 Å². The second kappa shape index (κ2) is 6.92. The first-order valence-electron chi connectivity index (χ1n) is 4.53. The van der Waals surface area contributed by atoms with E-state index >= 15 is 0 Å². The molecule has 0 aliphatic carbocycles. The molecule has 1 aromatic rings. The Kier molecular flexibility index (Phi) is 5.61. The van der Waals surface area contributed by atoms with E-state index in [-0.39, 0.29) is 0 Å². The molecule has 0 bridgehead atoms. The van der Waals surface area contributed by atoms with Gasteiger partial charge in [-0.15, -0.1) is 0 Å². The topological polar surface area (TPSA) is 24.9 Å². The van der Waals surface area contributed by atoms with E-state index in [1.807, 2.05) is 36.2 Å². The highest BCUT2D eigenvalue weighted by Crippen LogP contribution is 1.95. The minimum Gasteiger partial charge on any atom is -0.311 e. The minimum atomic E-state index is 0.884. The molecule has 1 N–H and O–H groups in total. The Balaban J connectivity index is 2.07. The van der Waals surface area contributed by atoms with Gasteiger partial charge in [0.15, 0.2) is 0 Å². The lowest BCUT2D eigenvalue weighted by molar-refractivity contribution is 0.667. The van der Waals surface area contributed by atoms with Gasteiger partial charge in [0.1, 0.15) is 0 Å². The number of hydrogen-bond donors (Lipinski definition) is 1. The monoisotopic (exact) mass is 196 g/mol. The van der Waals surface area contributed by atoms with E-state index in [0.29, 0.717) is 0 Å². The van der Waals surface area contributed by atoms with Crippen molar-refractivity contribution in [2.45, 2.75) is 13.0 Å². The number of pyridine rings is 1. The van der Waals surface area contributed by atoms with Crippen molar-refractivity contribution in [3.8, 4) is 0 Å². The predicted octanol–water partition coefficient (Wildman–Crippen LogP) is 1.92. The lowest BCUT2D eigenvalue weighted by Crippen LogP contribution is -2.15. The molecule has 13 heavy (non-hydrogen) atoms. The fraction of sp³-hybridized carbons (Fsp3) is 0.500. The summed E-state index contributed by atoms with van der Waals surface area (Å²) in [5.74, 6) is 1.23. The van der Waals surface area contributed by atoms with Crippen LogP contribution in [0.1, 0.15) is 12.1 Å². The third-order valence-electron chi connectivity index (χ3n) is 1.73. The van der Waals surface area contributed by atoms with Crippen LogP contribution in [-0.4, -0.2) is 23.5 Å². The Morgan fingerprint density at radius 3 is 3.08 bits per heavy atom. The molecule has 0 amide bonds. The van der Waals surface area contributed by atoms with Crippen LogP contribution in [0.25, 0.3) is 0 Å². The largest absolute Gasteiger partial charge is 0.311 e. The second-order valence-corrected chi connectivity index (χ2v) is 3.83. The van der Waals surface area contributed by atoms with E-state index in [0.717, 1.165) is 18.8 Å². The first kappa shape index (κ1) is 10.5. The van der Waals surface area contributed by atoms with Gasteiger partial charge >= 0.3 is 0 Å². The molecule has 0 spiro atoms. The first-order chi connectivity index (χ1) is 6.43. The van der Waals surface area contributed by atoms with Crippen molar-refractivity contribution in [2.75, 3.05) is 18.6 Å². The SMILES string of the molecule is CSCCCNCc1ccccn1. The number of aromatic nitrogens is 1. The highest BCUT2D eigenvalue weighted by Gasteiger charge is 1.91. The molecule has 0 aliphatic rings. The highest BCUT2D eigenvalue weighted by atomic mass is 32.2. The van der Waals surface area contributed by atoms with Crippen molar-refractivity contribution < 1.29 is 0 Å². The van der Waals surface area contributed by atoms with Gasteiger partial charge in [-0.25, -0.2) is 0 Å². The van der Waals surface area contributed by atoms with E-state index in [4.69, 9.17) is 0 Å². The lowest BCUT2D eigenvalue weighted by atomic mass is 10.3. The maximum atomic E-state index is 4.23. The van der Waals surface area contributed by atoms with Crippen molar-refractivity contribution in [1.29, 1.82) is 0 Å². The molecule has 0 aromatic carbocycles. The van der Waals surface area contributed by atoms with Crippen molar-refractivity contribution in [3.05, 3.63) is 30.1 Å². The van der Waals surface area contributed by atoms with Crippen molar-refractivity contribution in [2.24, 2.45) is 0 Å². The lowest BCUT2D eigenvalue weighted by Gasteiger charge is -2.02. The summed E-state index contributed by atoms with van der Waals surface area (Å²) in [5, 5.41) is 3.36. The van der Waals surface area contributed by atoms with E-state index in [9.17, 15) is 0 Å². The molecule has 1 rings (SSSR count). The maximum absolute atomic E-state index is 4.23. The summed E-state index contributed by atoms with van der Waals surface area (Å²) in [5.41, 5.74) is 1.12. The molecule has 72 valence electrons. The fourth-order valence-electron chi connectivity index (χ4n) is 1.06. The molecular weight excluding hydrogens is 180 g/mol. The van der Waals surface area contributed by atoms with Crippen LogP contribution in [-0.2, 0) is 6.54 Å². The quantitative estimate of drug-likeness (QED) is 0.704. The first-order valence-corrected chi connectivity index (χ1v) is 5.92. The fourth-order valence-corrected chi connectivity index (χ4v) is 1.49. The van der Waals surface area contributed by atoms with Gasteiger partial charge in [-0.1, -0.05) is 6.07 Å². The predicted molar refractivity (Wildman–Crippen MR) is 58.9 cm³/mol. The summed E-state index contributed by atoms with van der Waals surface area (Å²) in [6, 6.07) is 6.00. The molecule has 0 atom stereocenters. The molecule has 0 fully saturated rings. The number of rotatable bonds is 6. The van der Waals surface area contributed by atoms with Crippen LogP contribution in [0, 0.1) is 0 Å². The van der Waals surface area contributed by atoms with Gasteiger partial charge in [0.25, 0.3) is 0 Å². The van der Waals surface area contributed by atoms with Crippen LogP contribution in [0.2, 0.25) is 0 Å². The third kappa shape index (κ3) is 4.90. The molecule has 3 heteroatoms. The normalized spacial score (nSPS) is 10.2. The van der Waals surface area contributed by atoms with Crippen LogP contribution in [0.3, 0.4) is 0 Å². The summed E-state index contributed by atoms with van der Waals surface area (Å²) in [4.78, 5) is 4.23.